The number of hydrogen-bond acceptors (Lipinski definition) is 18. The Balaban J connectivity index is 0.000000151. The van der Waals surface area contributed by atoms with Crippen molar-refractivity contribution < 1.29 is 37.2 Å². The molecule has 16 nitrogen and oxygen atoms in total. The molecule has 2 unspecified atom stereocenters. The number of aliphatic hydroxyl groups is 2. The standard InChI is InChI=1S/2C11H11FN4OS.2C7H7FN2O/c2*1-7(18-11-13-3-2-4-14-11)9(17)10-15-5-8(12)6-16-10;2*1-4-6(11-4)7-9-2-5(8)3-10-7/h2*2-7,9,17H,1H3;2*2-4,6H,1H3/t2*7-,9+;2*4-,6?/m1010/s1. The first-order valence-electron chi connectivity index (χ1n) is 17.3. The van der Waals surface area contributed by atoms with Gasteiger partial charge in [0.05, 0.1) is 61.8 Å². The molecule has 6 aromatic rings. The van der Waals surface area contributed by atoms with Gasteiger partial charge in [-0.2, -0.15) is 0 Å². The molecule has 2 aliphatic heterocycles. The molecular weight excluding hydrogens is 805 g/mol. The van der Waals surface area contributed by atoms with Crippen LogP contribution in [0.2, 0.25) is 0 Å². The Hall–Kier alpha value is -5.26. The molecule has 0 saturated carbocycles. The van der Waals surface area contributed by atoms with Gasteiger partial charge in [0.25, 0.3) is 0 Å². The van der Waals surface area contributed by atoms with Crippen molar-refractivity contribution in [3.63, 3.8) is 0 Å². The third kappa shape index (κ3) is 14.0. The maximum absolute atomic E-state index is 12.7. The Morgan fingerprint density at radius 3 is 1.00 bits per heavy atom. The largest absolute Gasteiger partial charge is 0.384 e. The van der Waals surface area contributed by atoms with E-state index in [2.05, 4.69) is 59.8 Å². The van der Waals surface area contributed by atoms with E-state index < -0.39 is 35.5 Å². The Labute approximate surface area is 337 Å². The molecule has 8 atom stereocenters. The average Bonchev–Trinajstić information content (AvgIpc) is 4.17. The van der Waals surface area contributed by atoms with Crippen molar-refractivity contribution in [3.05, 3.63) is 133 Å². The number of halogens is 4. The van der Waals surface area contributed by atoms with Crippen LogP contribution in [-0.4, -0.2) is 92.7 Å². The maximum Gasteiger partial charge on any atom is 0.187 e. The van der Waals surface area contributed by atoms with Gasteiger partial charge in [0, 0.05) is 35.3 Å². The zero-order valence-electron chi connectivity index (χ0n) is 31.1. The van der Waals surface area contributed by atoms with E-state index in [-0.39, 0.29) is 46.6 Å². The first kappa shape index (κ1) is 43.9. The van der Waals surface area contributed by atoms with E-state index in [1.807, 2.05) is 13.8 Å². The second-order valence-corrected chi connectivity index (χ2v) is 14.8. The monoisotopic (exact) mass is 840 g/mol. The Morgan fingerprint density at radius 1 is 0.483 bits per heavy atom. The minimum absolute atomic E-state index is 0.0180. The number of hydrogen-bond donors (Lipinski definition) is 2. The lowest BCUT2D eigenvalue weighted by Crippen LogP contribution is -2.15. The van der Waals surface area contributed by atoms with Gasteiger partial charge < -0.3 is 19.7 Å². The summed E-state index contributed by atoms with van der Waals surface area (Å²) in [5.41, 5.74) is 0. The second-order valence-electron chi connectivity index (χ2n) is 12.2. The first-order chi connectivity index (χ1) is 27.9. The van der Waals surface area contributed by atoms with Crippen LogP contribution in [0.3, 0.4) is 0 Å². The topological polar surface area (TPSA) is 220 Å². The molecule has 304 valence electrons. The lowest BCUT2D eigenvalue weighted by Gasteiger charge is -2.15. The van der Waals surface area contributed by atoms with Gasteiger partial charge in [-0.25, -0.2) is 77.4 Å². The second kappa shape index (κ2) is 21.5. The minimum atomic E-state index is -0.903. The van der Waals surface area contributed by atoms with Crippen molar-refractivity contribution in [2.75, 3.05) is 0 Å². The number of thioether (sulfide) groups is 2. The summed E-state index contributed by atoms with van der Waals surface area (Å²) in [5.74, 6) is -0.378. The van der Waals surface area contributed by atoms with Gasteiger partial charge >= 0.3 is 0 Å². The van der Waals surface area contributed by atoms with Crippen LogP contribution in [0.1, 0.15) is 75.4 Å². The summed E-state index contributed by atoms with van der Waals surface area (Å²) < 4.78 is 60.1. The third-order valence-corrected chi connectivity index (χ3v) is 9.68. The van der Waals surface area contributed by atoms with Gasteiger partial charge in [0.1, 0.15) is 24.4 Å². The van der Waals surface area contributed by atoms with Crippen LogP contribution in [0, 0.1) is 23.3 Å². The van der Waals surface area contributed by atoms with Crippen LogP contribution < -0.4 is 0 Å². The zero-order valence-corrected chi connectivity index (χ0v) is 32.7. The molecule has 8 heterocycles. The molecule has 58 heavy (non-hydrogen) atoms. The highest BCUT2D eigenvalue weighted by Gasteiger charge is 2.39. The highest BCUT2D eigenvalue weighted by molar-refractivity contribution is 8.00. The summed E-state index contributed by atoms with van der Waals surface area (Å²) in [7, 11) is 0. The van der Waals surface area contributed by atoms with Crippen LogP contribution in [0.15, 0.2) is 96.8 Å². The van der Waals surface area contributed by atoms with E-state index >= 15 is 0 Å². The van der Waals surface area contributed by atoms with Crippen molar-refractivity contribution in [2.24, 2.45) is 0 Å². The number of epoxide rings is 2. The first-order valence-corrected chi connectivity index (χ1v) is 19.1. The summed E-state index contributed by atoms with van der Waals surface area (Å²) in [6.45, 7) is 7.46. The highest BCUT2D eigenvalue weighted by atomic mass is 32.2. The molecule has 6 aromatic heterocycles. The van der Waals surface area contributed by atoms with Gasteiger partial charge in [0.15, 0.2) is 56.9 Å². The van der Waals surface area contributed by atoms with Crippen molar-refractivity contribution in [2.45, 2.75) is 85.1 Å². The Morgan fingerprint density at radius 2 is 0.741 bits per heavy atom. The molecule has 0 amide bonds. The quantitative estimate of drug-likeness (QED) is 0.0764. The number of rotatable bonds is 10. The van der Waals surface area contributed by atoms with E-state index in [0.29, 0.717) is 22.0 Å². The minimum Gasteiger partial charge on any atom is -0.384 e. The smallest absolute Gasteiger partial charge is 0.187 e. The van der Waals surface area contributed by atoms with Gasteiger partial charge in [-0.05, 0) is 39.8 Å². The Bertz CT molecular complexity index is 1960. The molecule has 22 heteroatoms. The summed E-state index contributed by atoms with van der Waals surface area (Å²) in [6, 6.07) is 3.43. The SMILES string of the molecule is C[C@@H](Sc1ncccn1)[C@H](O)c1ncc(F)cn1.C[C@@H]1OC1c1ncc(F)cn1.C[C@H](Sc1ncccn1)[C@@H](O)c1ncc(F)cn1.C[C@H]1OC1c1ncc(F)cn1. The third-order valence-electron chi connectivity index (χ3n) is 7.58. The van der Waals surface area contributed by atoms with Crippen LogP contribution in [0.5, 0.6) is 0 Å². The van der Waals surface area contributed by atoms with Crippen LogP contribution in [-0.2, 0) is 9.47 Å². The van der Waals surface area contributed by atoms with Gasteiger partial charge in [-0.15, -0.1) is 0 Å². The molecule has 2 N–H and O–H groups in total. The molecule has 0 aliphatic carbocycles. The summed E-state index contributed by atoms with van der Waals surface area (Å²) in [5, 5.41) is 20.7. The number of nitrogens with zero attached hydrogens (tertiary/aromatic N) is 12. The molecule has 8 rings (SSSR count). The lowest BCUT2D eigenvalue weighted by molar-refractivity contribution is 0.168. The van der Waals surface area contributed by atoms with Gasteiger partial charge in [0.2, 0.25) is 0 Å². The fourth-order valence-corrected chi connectivity index (χ4v) is 6.03. The summed E-state index contributed by atoms with van der Waals surface area (Å²) in [6.07, 6.45) is 13.7. The molecular formula is C36H36F4N12O4S2. The van der Waals surface area contributed by atoms with Crippen LogP contribution >= 0.6 is 23.5 Å². The van der Waals surface area contributed by atoms with Crippen molar-refractivity contribution in [1.82, 2.24) is 59.8 Å². The molecule has 0 radical (unpaired) electrons. The molecule has 2 aliphatic rings. The van der Waals surface area contributed by atoms with Gasteiger partial charge in [-0.1, -0.05) is 23.5 Å². The number of aromatic nitrogens is 12. The molecule has 2 saturated heterocycles. The fourth-order valence-electron chi connectivity index (χ4n) is 4.38. The molecule has 0 spiro atoms. The molecule has 2 fully saturated rings. The van der Waals surface area contributed by atoms with Crippen molar-refractivity contribution in [1.29, 1.82) is 0 Å². The van der Waals surface area contributed by atoms with E-state index in [1.165, 1.54) is 23.5 Å². The summed E-state index contributed by atoms with van der Waals surface area (Å²) in [4.78, 5) is 46.3. The van der Waals surface area contributed by atoms with Crippen molar-refractivity contribution >= 4 is 23.5 Å². The van der Waals surface area contributed by atoms with E-state index in [4.69, 9.17) is 9.47 Å². The maximum atomic E-state index is 12.7. The molecule has 0 bridgehead atoms. The number of aliphatic hydroxyl groups excluding tert-OH is 2. The number of ether oxygens (including phenoxy) is 2. The Kier molecular flexibility index (Phi) is 16.2. The predicted octanol–water partition coefficient (Wildman–Crippen LogP) is 5.39. The normalized spacial score (nSPS) is 19.6. The average molecular weight is 841 g/mol. The molecule has 0 aromatic carbocycles. The zero-order chi connectivity index (χ0) is 41.6. The van der Waals surface area contributed by atoms with E-state index in [0.717, 1.165) is 49.6 Å². The fraction of sp³-hybridized carbons (Fsp3) is 0.333. The van der Waals surface area contributed by atoms with Crippen LogP contribution in [0.4, 0.5) is 17.6 Å². The van der Waals surface area contributed by atoms with E-state index in [9.17, 15) is 27.8 Å². The lowest BCUT2D eigenvalue weighted by atomic mass is 10.2. The van der Waals surface area contributed by atoms with Gasteiger partial charge in [-0.3, -0.25) is 0 Å². The summed E-state index contributed by atoms with van der Waals surface area (Å²) >= 11 is 2.61. The van der Waals surface area contributed by atoms with Crippen LogP contribution in [0.25, 0.3) is 0 Å². The van der Waals surface area contributed by atoms with Crippen molar-refractivity contribution in [3.8, 4) is 0 Å². The predicted molar refractivity (Wildman–Crippen MR) is 199 cm³/mol. The van der Waals surface area contributed by atoms with E-state index in [1.54, 1.807) is 50.8 Å². The highest BCUT2D eigenvalue weighted by Crippen LogP contribution is 2.36.